The van der Waals surface area contributed by atoms with Gasteiger partial charge in [-0.1, -0.05) is 11.6 Å². The van der Waals surface area contributed by atoms with Gasteiger partial charge in [0.1, 0.15) is 5.57 Å². The first-order chi connectivity index (χ1) is 15.3. The monoisotopic (exact) mass is 452 g/mol. The predicted molar refractivity (Wildman–Crippen MR) is 116 cm³/mol. The van der Waals surface area contributed by atoms with E-state index >= 15 is 0 Å². The summed E-state index contributed by atoms with van der Waals surface area (Å²) >= 11 is 5.95. The van der Waals surface area contributed by atoms with Gasteiger partial charge in [-0.05, 0) is 49.6 Å². The highest BCUT2D eigenvalue weighted by Crippen LogP contribution is 2.36. The van der Waals surface area contributed by atoms with Gasteiger partial charge in [0.2, 0.25) is 0 Å². The first-order valence-corrected chi connectivity index (χ1v) is 10.3. The molecule has 32 heavy (non-hydrogen) atoms. The number of hydrogen-bond donors (Lipinski definition) is 0. The summed E-state index contributed by atoms with van der Waals surface area (Å²) in [5, 5.41) is 18.3. The van der Waals surface area contributed by atoms with E-state index < -0.39 is 17.7 Å². The van der Waals surface area contributed by atoms with Crippen LogP contribution in [0, 0.1) is 13.8 Å². The Balaban J connectivity index is 1.91. The van der Waals surface area contributed by atoms with Gasteiger partial charge < -0.3 is 9.84 Å². The van der Waals surface area contributed by atoms with Crippen molar-refractivity contribution in [2.24, 2.45) is 0 Å². The average molecular weight is 453 g/mol. The van der Waals surface area contributed by atoms with Crippen LogP contribution in [-0.2, 0) is 14.3 Å². The van der Waals surface area contributed by atoms with Crippen molar-refractivity contribution in [2.45, 2.75) is 13.8 Å². The molecule has 0 N–H and O–H groups in total. The van der Waals surface area contributed by atoms with Gasteiger partial charge in [-0.25, -0.2) is 4.68 Å². The molecular formula is C23H21ClN4O4. The third-order valence-electron chi connectivity index (χ3n) is 5.26. The quantitative estimate of drug-likeness (QED) is 0.420. The van der Waals surface area contributed by atoms with E-state index in [9.17, 15) is 14.7 Å². The molecule has 9 heteroatoms. The van der Waals surface area contributed by atoms with Gasteiger partial charge in [0.05, 0.1) is 24.5 Å². The molecule has 4 rings (SSSR count). The molecule has 0 radical (unpaired) electrons. The molecule has 3 aromatic rings. The fraction of sp³-hybridized carbons (Fsp3) is 0.217. The number of halogens is 1. The minimum atomic E-state index is -0.550. The smallest absolute Gasteiger partial charge is 0.326 e. The molecule has 0 unspecified atom stereocenters. The first-order valence-electron chi connectivity index (χ1n) is 9.94. The molecule has 164 valence electrons. The molecule has 0 spiro atoms. The number of ether oxygens (including phenoxy) is 1. The highest BCUT2D eigenvalue weighted by atomic mass is 35.5. The summed E-state index contributed by atoms with van der Waals surface area (Å²) < 4.78 is 7.83. The van der Waals surface area contributed by atoms with Crippen molar-refractivity contribution < 1.29 is 24.0 Å². The third-order valence-corrected chi connectivity index (χ3v) is 5.51. The largest absolute Gasteiger partial charge is 0.858 e. The van der Waals surface area contributed by atoms with Gasteiger partial charge in [-0.15, -0.1) is 0 Å². The van der Waals surface area contributed by atoms with E-state index in [4.69, 9.17) is 16.3 Å². The summed E-state index contributed by atoms with van der Waals surface area (Å²) in [6.45, 7) is 3.82. The van der Waals surface area contributed by atoms with Crippen LogP contribution in [0.5, 0.6) is 5.88 Å². The zero-order chi connectivity index (χ0) is 23.0. The Kier molecular flexibility index (Phi) is 5.82. The summed E-state index contributed by atoms with van der Waals surface area (Å²) in [5.41, 5.74) is 2.09. The predicted octanol–water partition coefficient (Wildman–Crippen LogP) is 1.89. The SMILES string of the molecule is COCCN1C(=O)C(c2c(C)nn(-c3ccc(Cl)cc3)c2[O-])=C([n+]2ccc(C)cc2)C1=O. The van der Waals surface area contributed by atoms with Gasteiger partial charge in [-0.3, -0.25) is 14.5 Å². The minimum Gasteiger partial charge on any atom is -0.858 e. The Labute approximate surface area is 189 Å². The number of benzene rings is 1. The number of hydrogen-bond acceptors (Lipinski definition) is 5. The second-order valence-corrected chi connectivity index (χ2v) is 7.85. The number of aryl methyl sites for hydroxylation is 2. The Hall–Kier alpha value is -3.49. The zero-order valence-corrected chi connectivity index (χ0v) is 18.6. The van der Waals surface area contributed by atoms with Crippen molar-refractivity contribution in [1.29, 1.82) is 0 Å². The molecule has 2 amide bonds. The average Bonchev–Trinajstić information content (AvgIpc) is 3.19. The fourth-order valence-corrected chi connectivity index (χ4v) is 3.74. The van der Waals surface area contributed by atoms with Crippen molar-refractivity contribution in [2.75, 3.05) is 20.3 Å². The van der Waals surface area contributed by atoms with Crippen LogP contribution in [0.2, 0.25) is 5.02 Å². The maximum absolute atomic E-state index is 13.4. The molecule has 0 atom stereocenters. The summed E-state index contributed by atoms with van der Waals surface area (Å²) in [6, 6.07) is 10.3. The van der Waals surface area contributed by atoms with Crippen molar-refractivity contribution >= 4 is 34.7 Å². The number of nitrogens with zero attached hydrogens (tertiary/aromatic N) is 4. The van der Waals surface area contributed by atoms with E-state index in [0.29, 0.717) is 16.4 Å². The Morgan fingerprint density at radius 3 is 2.34 bits per heavy atom. The lowest BCUT2D eigenvalue weighted by atomic mass is 10.0. The maximum atomic E-state index is 13.4. The number of imide groups is 1. The van der Waals surface area contributed by atoms with Gasteiger partial charge in [0.15, 0.2) is 12.4 Å². The van der Waals surface area contributed by atoms with Crippen molar-refractivity contribution in [3.8, 4) is 11.6 Å². The lowest BCUT2D eigenvalue weighted by molar-refractivity contribution is -0.577. The molecule has 0 aliphatic carbocycles. The Bertz CT molecular complexity index is 1230. The summed E-state index contributed by atoms with van der Waals surface area (Å²) in [4.78, 5) is 27.7. The molecule has 8 nitrogen and oxygen atoms in total. The number of methoxy groups -OCH3 is 1. The van der Waals surface area contributed by atoms with Crippen LogP contribution < -0.4 is 9.67 Å². The lowest BCUT2D eigenvalue weighted by Crippen LogP contribution is -2.40. The fourth-order valence-electron chi connectivity index (χ4n) is 3.62. The topological polar surface area (TPSA) is 91.4 Å². The van der Waals surface area contributed by atoms with Crippen LogP contribution in [0.3, 0.4) is 0 Å². The van der Waals surface area contributed by atoms with E-state index in [1.807, 2.05) is 19.1 Å². The second-order valence-electron chi connectivity index (χ2n) is 7.41. The van der Waals surface area contributed by atoms with Crippen molar-refractivity contribution in [3.63, 3.8) is 0 Å². The number of pyridine rings is 1. The van der Waals surface area contributed by atoms with Crippen LogP contribution in [0.4, 0.5) is 0 Å². The van der Waals surface area contributed by atoms with Gasteiger partial charge in [0, 0.05) is 29.8 Å². The second kappa shape index (κ2) is 8.57. The molecule has 1 aliphatic rings. The highest BCUT2D eigenvalue weighted by Gasteiger charge is 2.46. The van der Waals surface area contributed by atoms with Gasteiger partial charge >= 0.3 is 5.91 Å². The Morgan fingerprint density at radius 2 is 1.72 bits per heavy atom. The van der Waals surface area contributed by atoms with Gasteiger partial charge in [0.25, 0.3) is 11.6 Å². The number of carbonyl (C=O) groups excluding carboxylic acids is 2. The molecule has 0 saturated heterocycles. The zero-order valence-electron chi connectivity index (χ0n) is 17.8. The van der Waals surface area contributed by atoms with Gasteiger partial charge in [-0.2, -0.15) is 9.67 Å². The summed E-state index contributed by atoms with van der Waals surface area (Å²) in [6.07, 6.45) is 3.39. The number of rotatable bonds is 6. The lowest BCUT2D eigenvalue weighted by Gasteiger charge is -2.15. The Morgan fingerprint density at radius 1 is 1.06 bits per heavy atom. The van der Waals surface area contributed by atoms with Crippen LogP contribution >= 0.6 is 11.6 Å². The molecule has 0 fully saturated rings. The molecule has 1 aromatic carbocycles. The van der Waals surface area contributed by atoms with Crippen LogP contribution in [0.15, 0.2) is 48.8 Å². The van der Waals surface area contributed by atoms with E-state index in [0.717, 1.165) is 10.5 Å². The standard InChI is InChI=1S/C23H21ClN4O4/c1-14-8-10-26(11-9-14)20-19(21(29)27(23(20)31)12-13-32-3)18-15(2)25-28(22(18)30)17-6-4-16(24)5-7-17/h4-11H,12-13H2,1-3H3. The number of aromatic nitrogens is 3. The normalized spacial score (nSPS) is 14.1. The van der Waals surface area contributed by atoms with Crippen LogP contribution in [-0.4, -0.2) is 46.8 Å². The third kappa shape index (κ3) is 3.68. The minimum absolute atomic E-state index is 0.0302. The van der Waals surface area contributed by atoms with Crippen molar-refractivity contribution in [1.82, 2.24) is 14.7 Å². The van der Waals surface area contributed by atoms with E-state index in [-0.39, 0.29) is 30.0 Å². The van der Waals surface area contributed by atoms with E-state index in [1.54, 1.807) is 48.1 Å². The molecule has 0 saturated carbocycles. The maximum Gasteiger partial charge on any atom is 0.326 e. The molecule has 3 heterocycles. The molecule has 2 aromatic heterocycles. The van der Waals surface area contributed by atoms with Crippen LogP contribution in [0.25, 0.3) is 17.0 Å². The van der Waals surface area contributed by atoms with Crippen molar-refractivity contribution in [3.05, 3.63) is 70.6 Å². The number of carbonyl (C=O) groups is 2. The number of amides is 2. The molecule has 1 aliphatic heterocycles. The summed E-state index contributed by atoms with van der Waals surface area (Å²) in [7, 11) is 1.49. The summed E-state index contributed by atoms with van der Waals surface area (Å²) in [5.74, 6) is -1.53. The van der Waals surface area contributed by atoms with E-state index in [1.165, 1.54) is 11.8 Å². The molecule has 0 bridgehead atoms. The van der Waals surface area contributed by atoms with E-state index in [2.05, 4.69) is 5.10 Å². The first kappa shape index (κ1) is 21.7. The van der Waals surface area contributed by atoms with Crippen LogP contribution in [0.1, 0.15) is 16.8 Å². The molecular weight excluding hydrogens is 432 g/mol. The highest BCUT2D eigenvalue weighted by molar-refractivity contribution is 6.44.